The summed E-state index contributed by atoms with van der Waals surface area (Å²) < 4.78 is 55.9. The highest BCUT2D eigenvalue weighted by Gasteiger charge is 2.31. The lowest BCUT2D eigenvalue weighted by Crippen LogP contribution is -2.20. The molecular weight excluding hydrogens is 478 g/mol. The average molecular weight is 495 g/mol. The van der Waals surface area contributed by atoms with Crippen LogP contribution in [0.15, 0.2) is 73.3 Å². The zero-order valence-corrected chi connectivity index (χ0v) is 18.6. The summed E-state index contributed by atoms with van der Waals surface area (Å²) in [7, 11) is 1.83. The van der Waals surface area contributed by atoms with Gasteiger partial charge in [0.05, 0.1) is 35.5 Å². The highest BCUT2D eigenvalue weighted by Crippen LogP contribution is 2.32. The Morgan fingerprint density at radius 3 is 2.33 bits per heavy atom. The van der Waals surface area contributed by atoms with Gasteiger partial charge in [0.25, 0.3) is 0 Å². The van der Waals surface area contributed by atoms with E-state index in [0.717, 1.165) is 16.7 Å². The van der Waals surface area contributed by atoms with Gasteiger partial charge in [-0.25, -0.2) is 18.7 Å². The molecule has 0 bridgehead atoms. The molecule has 0 fully saturated rings. The maximum atomic E-state index is 13.9. The van der Waals surface area contributed by atoms with E-state index in [1.54, 1.807) is 52.1 Å². The standard InChI is InChI=1S/C24H17F4N7O/c1-34-13-16(11-30-34)15-8-22-29-12-21(35(22)31-10-15)14-2-5-18(6-3-14)32-23(36)33-20-9-17(24(26,27)28)4-7-19(20)25/h2-13H,1H3,(H2,32,33,36). The van der Waals surface area contributed by atoms with E-state index in [-0.39, 0.29) is 0 Å². The molecule has 8 nitrogen and oxygen atoms in total. The Bertz CT molecular complexity index is 1570. The number of benzene rings is 2. The number of hydrogen-bond donors (Lipinski definition) is 2. The highest BCUT2D eigenvalue weighted by atomic mass is 19.4. The summed E-state index contributed by atoms with van der Waals surface area (Å²) in [5, 5.41) is 13.2. The third-order valence-electron chi connectivity index (χ3n) is 5.38. The molecule has 0 aliphatic carbocycles. The van der Waals surface area contributed by atoms with E-state index in [9.17, 15) is 22.4 Å². The Labute approximate surface area is 201 Å². The molecule has 3 heterocycles. The summed E-state index contributed by atoms with van der Waals surface area (Å²) in [6, 6.07) is 9.43. The molecule has 5 aromatic rings. The van der Waals surface area contributed by atoms with Crippen LogP contribution < -0.4 is 10.6 Å². The summed E-state index contributed by atoms with van der Waals surface area (Å²) in [5.41, 5.74) is 2.59. The molecular formula is C24H17F4N7O. The first-order valence-electron chi connectivity index (χ1n) is 10.6. The molecule has 2 aromatic carbocycles. The van der Waals surface area contributed by atoms with Crippen LogP contribution in [0, 0.1) is 5.82 Å². The fraction of sp³-hybridized carbons (Fsp3) is 0.0833. The quantitative estimate of drug-likeness (QED) is 0.318. The third-order valence-corrected chi connectivity index (χ3v) is 5.38. The van der Waals surface area contributed by atoms with Crippen LogP contribution in [-0.4, -0.2) is 30.4 Å². The molecule has 12 heteroatoms. The van der Waals surface area contributed by atoms with Gasteiger partial charge in [0.1, 0.15) is 5.82 Å². The second-order valence-corrected chi connectivity index (χ2v) is 7.91. The Morgan fingerprint density at radius 1 is 0.889 bits per heavy atom. The molecule has 182 valence electrons. The van der Waals surface area contributed by atoms with Crippen LogP contribution in [0.1, 0.15) is 5.56 Å². The number of amides is 2. The Kier molecular flexibility index (Phi) is 5.63. The number of rotatable bonds is 4. The summed E-state index contributed by atoms with van der Waals surface area (Å²) >= 11 is 0. The molecule has 0 saturated heterocycles. The van der Waals surface area contributed by atoms with Crippen LogP contribution in [0.2, 0.25) is 0 Å². The summed E-state index contributed by atoms with van der Waals surface area (Å²) in [4.78, 5) is 16.6. The molecule has 0 aliphatic heterocycles. The topological polar surface area (TPSA) is 89.1 Å². The lowest BCUT2D eigenvalue weighted by molar-refractivity contribution is -0.137. The summed E-state index contributed by atoms with van der Waals surface area (Å²) in [5.74, 6) is -0.986. The molecule has 0 unspecified atom stereocenters. The SMILES string of the molecule is Cn1cc(-c2cnn3c(-c4ccc(NC(=O)Nc5cc(C(F)(F)F)ccc5F)cc4)cnc3c2)cn1. The van der Waals surface area contributed by atoms with Crippen LogP contribution in [-0.2, 0) is 13.2 Å². The molecule has 2 amide bonds. The van der Waals surface area contributed by atoms with Gasteiger partial charge in [-0.05, 0) is 36.4 Å². The van der Waals surface area contributed by atoms with E-state index >= 15 is 0 Å². The van der Waals surface area contributed by atoms with Crippen LogP contribution in [0.3, 0.4) is 0 Å². The molecule has 0 aliphatic rings. The normalized spacial score (nSPS) is 11.6. The second kappa shape index (κ2) is 8.80. The second-order valence-electron chi connectivity index (χ2n) is 7.91. The molecule has 0 spiro atoms. The Hall–Kier alpha value is -4.74. The number of hydrogen-bond acceptors (Lipinski definition) is 4. The predicted octanol–water partition coefficient (Wildman–Crippen LogP) is 5.60. The van der Waals surface area contributed by atoms with Crippen LogP contribution in [0.5, 0.6) is 0 Å². The number of nitrogens with one attached hydrogen (secondary N) is 2. The predicted molar refractivity (Wildman–Crippen MR) is 125 cm³/mol. The Balaban J connectivity index is 1.31. The lowest BCUT2D eigenvalue weighted by Gasteiger charge is -2.12. The van der Waals surface area contributed by atoms with Gasteiger partial charge in [-0.1, -0.05) is 12.1 Å². The number of aryl methyl sites for hydroxylation is 1. The maximum absolute atomic E-state index is 13.9. The number of nitrogens with zero attached hydrogens (tertiary/aromatic N) is 5. The van der Waals surface area contributed by atoms with Crippen molar-refractivity contribution >= 4 is 23.1 Å². The van der Waals surface area contributed by atoms with Crippen molar-refractivity contribution < 1.29 is 22.4 Å². The number of imidazole rings is 1. The van der Waals surface area contributed by atoms with E-state index < -0.39 is 29.3 Å². The third kappa shape index (κ3) is 4.60. The van der Waals surface area contributed by atoms with E-state index in [4.69, 9.17) is 0 Å². The largest absolute Gasteiger partial charge is 0.416 e. The van der Waals surface area contributed by atoms with Gasteiger partial charge in [0, 0.05) is 35.6 Å². The van der Waals surface area contributed by atoms with Gasteiger partial charge < -0.3 is 10.6 Å². The molecule has 0 saturated carbocycles. The monoisotopic (exact) mass is 495 g/mol. The van der Waals surface area contributed by atoms with Crippen molar-refractivity contribution in [3.8, 4) is 22.4 Å². The fourth-order valence-corrected chi connectivity index (χ4v) is 3.61. The maximum Gasteiger partial charge on any atom is 0.416 e. The number of alkyl halides is 3. The number of aromatic nitrogens is 5. The number of carbonyl (C=O) groups is 1. The number of halogens is 4. The zero-order valence-electron chi connectivity index (χ0n) is 18.6. The van der Waals surface area contributed by atoms with Crippen LogP contribution in [0.4, 0.5) is 33.7 Å². The minimum absolute atomic E-state index is 0.351. The van der Waals surface area contributed by atoms with Crippen molar-refractivity contribution in [3.63, 3.8) is 0 Å². The van der Waals surface area contributed by atoms with Crippen LogP contribution >= 0.6 is 0 Å². The van der Waals surface area contributed by atoms with Gasteiger partial charge in [-0.2, -0.15) is 23.4 Å². The van der Waals surface area contributed by atoms with E-state index in [1.807, 2.05) is 19.3 Å². The summed E-state index contributed by atoms with van der Waals surface area (Å²) in [6.07, 6.45) is 2.33. The molecule has 5 rings (SSSR count). The number of carbonyl (C=O) groups excluding carboxylic acids is 1. The first-order chi connectivity index (χ1) is 17.2. The highest BCUT2D eigenvalue weighted by molar-refractivity contribution is 6.00. The number of urea groups is 1. The smallest absolute Gasteiger partial charge is 0.308 e. The van der Waals surface area contributed by atoms with Crippen molar-refractivity contribution in [2.24, 2.45) is 7.05 Å². The molecule has 0 atom stereocenters. The van der Waals surface area contributed by atoms with E-state index in [1.165, 1.54) is 0 Å². The Morgan fingerprint density at radius 2 is 1.64 bits per heavy atom. The molecule has 36 heavy (non-hydrogen) atoms. The van der Waals surface area contributed by atoms with Crippen molar-refractivity contribution in [2.45, 2.75) is 6.18 Å². The van der Waals surface area contributed by atoms with Gasteiger partial charge >= 0.3 is 12.2 Å². The first-order valence-corrected chi connectivity index (χ1v) is 10.6. The molecule has 2 N–H and O–H groups in total. The molecule has 0 radical (unpaired) electrons. The van der Waals surface area contributed by atoms with Crippen LogP contribution in [0.25, 0.3) is 28.0 Å². The number of fused-ring (bicyclic) bond motifs is 1. The minimum atomic E-state index is -4.66. The van der Waals surface area contributed by atoms with E-state index in [0.29, 0.717) is 35.2 Å². The van der Waals surface area contributed by atoms with Crippen molar-refractivity contribution in [2.75, 3.05) is 10.6 Å². The van der Waals surface area contributed by atoms with Gasteiger partial charge in [0.15, 0.2) is 5.65 Å². The van der Waals surface area contributed by atoms with Gasteiger partial charge in [-0.3, -0.25) is 4.68 Å². The van der Waals surface area contributed by atoms with Crippen molar-refractivity contribution in [1.82, 2.24) is 24.4 Å². The fourth-order valence-electron chi connectivity index (χ4n) is 3.61. The van der Waals surface area contributed by atoms with E-state index in [2.05, 4.69) is 25.8 Å². The van der Waals surface area contributed by atoms with Crippen molar-refractivity contribution in [1.29, 1.82) is 0 Å². The molecule has 3 aromatic heterocycles. The lowest BCUT2D eigenvalue weighted by atomic mass is 10.1. The van der Waals surface area contributed by atoms with Gasteiger partial charge in [-0.15, -0.1) is 0 Å². The van der Waals surface area contributed by atoms with Crippen molar-refractivity contribution in [3.05, 3.63) is 84.7 Å². The first kappa shape index (κ1) is 23.0. The average Bonchev–Trinajstić information content (AvgIpc) is 3.46. The van der Waals surface area contributed by atoms with Gasteiger partial charge in [0.2, 0.25) is 0 Å². The number of anilines is 2. The zero-order chi connectivity index (χ0) is 25.4. The minimum Gasteiger partial charge on any atom is -0.308 e. The summed E-state index contributed by atoms with van der Waals surface area (Å²) in [6.45, 7) is 0.